The van der Waals surface area contributed by atoms with Crippen molar-refractivity contribution in [3.63, 3.8) is 0 Å². The average Bonchev–Trinajstić information content (AvgIpc) is 3.27. The van der Waals surface area contributed by atoms with E-state index < -0.39 is 0 Å². The highest BCUT2D eigenvalue weighted by Crippen LogP contribution is 2.40. The zero-order valence-corrected chi connectivity index (χ0v) is 17.0. The molecule has 3 aromatic rings. The Labute approximate surface area is 178 Å². The number of amides is 1. The van der Waals surface area contributed by atoms with Crippen LogP contribution in [0.25, 0.3) is 0 Å². The highest BCUT2D eigenvalue weighted by Gasteiger charge is 2.34. The van der Waals surface area contributed by atoms with Gasteiger partial charge in [-0.2, -0.15) is 10.1 Å². The number of nitrogens with one attached hydrogen (secondary N) is 3. The Morgan fingerprint density at radius 2 is 2.13 bits per heavy atom. The van der Waals surface area contributed by atoms with Gasteiger partial charge in [0.2, 0.25) is 12.3 Å². The Balaban J connectivity index is 1.27. The summed E-state index contributed by atoms with van der Waals surface area (Å²) < 4.78 is 5.05. The number of H-pyrrole nitrogens is 1. The van der Waals surface area contributed by atoms with Gasteiger partial charge in [0.1, 0.15) is 11.9 Å². The molecule has 11 heteroatoms. The van der Waals surface area contributed by atoms with Gasteiger partial charge in [-0.1, -0.05) is 5.10 Å². The minimum atomic E-state index is -0.383. The van der Waals surface area contributed by atoms with E-state index in [4.69, 9.17) is 14.4 Å². The number of carbonyl (C=O) groups is 1. The minimum Gasteiger partial charge on any atom is -0.411 e. The van der Waals surface area contributed by atoms with Gasteiger partial charge >= 0.3 is 6.01 Å². The maximum atomic E-state index is 12.8. The minimum absolute atomic E-state index is 0.0964. The quantitative estimate of drug-likeness (QED) is 0.547. The smallest absolute Gasteiger partial charge is 0.322 e. The molecule has 11 nitrogen and oxygen atoms in total. The first kappa shape index (κ1) is 18.3. The van der Waals surface area contributed by atoms with Crippen LogP contribution in [-0.4, -0.2) is 48.9 Å². The standard InChI is InChI=1S/C20H23N9O2/c30-18(25-20-28-21-10-31-20)15-5-2-8-29(15)19-22-13-4-1-3-12(13)17(24-19)23-16-9-14(26-27-16)11-6-7-11/h9-11,15H,1-8H2,(H,25,28,30)(H2,22,23,24,26,27)/t15-/m0/s1. The highest BCUT2D eigenvalue weighted by atomic mass is 16.4. The molecule has 0 radical (unpaired) electrons. The predicted molar refractivity (Wildman–Crippen MR) is 111 cm³/mol. The maximum absolute atomic E-state index is 12.8. The van der Waals surface area contributed by atoms with Gasteiger partial charge in [0.25, 0.3) is 5.91 Å². The Bertz CT molecular complexity index is 1110. The first-order chi connectivity index (χ1) is 15.2. The first-order valence-corrected chi connectivity index (χ1v) is 10.8. The molecule has 6 rings (SSSR count). The van der Waals surface area contributed by atoms with Gasteiger partial charge < -0.3 is 14.6 Å². The molecular weight excluding hydrogens is 398 g/mol. The van der Waals surface area contributed by atoms with Crippen LogP contribution < -0.4 is 15.5 Å². The molecule has 4 heterocycles. The number of fused-ring (bicyclic) bond motifs is 1. The molecule has 1 saturated heterocycles. The van der Waals surface area contributed by atoms with Crippen LogP contribution in [0.15, 0.2) is 16.9 Å². The third kappa shape index (κ3) is 3.49. The lowest BCUT2D eigenvalue weighted by atomic mass is 10.2. The fraction of sp³-hybridized carbons (Fsp3) is 0.500. The lowest BCUT2D eigenvalue weighted by Crippen LogP contribution is -2.40. The van der Waals surface area contributed by atoms with E-state index in [1.165, 1.54) is 24.9 Å². The van der Waals surface area contributed by atoms with Gasteiger partial charge in [-0.05, 0) is 44.9 Å². The molecule has 2 fully saturated rings. The summed E-state index contributed by atoms with van der Waals surface area (Å²) >= 11 is 0. The third-order valence-corrected chi connectivity index (χ3v) is 6.19. The number of rotatable bonds is 6. The van der Waals surface area contributed by atoms with E-state index in [-0.39, 0.29) is 18.0 Å². The Morgan fingerprint density at radius 1 is 1.19 bits per heavy atom. The average molecular weight is 421 g/mol. The van der Waals surface area contributed by atoms with Gasteiger partial charge in [-0.15, -0.1) is 5.10 Å². The van der Waals surface area contributed by atoms with Crippen molar-refractivity contribution in [2.75, 3.05) is 22.1 Å². The number of nitrogens with zero attached hydrogens (tertiary/aromatic N) is 6. The zero-order chi connectivity index (χ0) is 20.8. The van der Waals surface area contributed by atoms with Crippen LogP contribution in [0, 0.1) is 0 Å². The molecule has 0 unspecified atom stereocenters. The molecule has 1 amide bonds. The second kappa shape index (κ2) is 7.33. The number of aromatic amines is 1. The first-order valence-electron chi connectivity index (χ1n) is 10.8. The Kier molecular flexibility index (Phi) is 4.32. The number of aryl methyl sites for hydroxylation is 1. The third-order valence-electron chi connectivity index (χ3n) is 6.19. The summed E-state index contributed by atoms with van der Waals surface area (Å²) in [4.78, 5) is 24.4. The fourth-order valence-corrected chi connectivity index (χ4v) is 4.47. The van der Waals surface area contributed by atoms with Crippen molar-refractivity contribution in [1.82, 2.24) is 30.4 Å². The van der Waals surface area contributed by atoms with Gasteiger partial charge in [-0.25, -0.2) is 4.98 Å². The topological polar surface area (TPSA) is 138 Å². The summed E-state index contributed by atoms with van der Waals surface area (Å²) in [5.74, 6) is 2.55. The molecule has 160 valence electrons. The Hall–Kier alpha value is -3.50. The monoisotopic (exact) mass is 421 g/mol. The van der Waals surface area contributed by atoms with Crippen LogP contribution in [0.4, 0.5) is 23.6 Å². The van der Waals surface area contributed by atoms with E-state index in [1.54, 1.807) is 0 Å². The van der Waals surface area contributed by atoms with Crippen molar-refractivity contribution < 1.29 is 9.21 Å². The summed E-state index contributed by atoms with van der Waals surface area (Å²) in [5.41, 5.74) is 3.37. The van der Waals surface area contributed by atoms with Crippen molar-refractivity contribution >= 4 is 29.5 Å². The zero-order valence-electron chi connectivity index (χ0n) is 17.0. The molecule has 3 N–H and O–H groups in total. The predicted octanol–water partition coefficient (Wildman–Crippen LogP) is 2.30. The van der Waals surface area contributed by atoms with Gasteiger partial charge in [0.05, 0.1) is 5.69 Å². The molecule has 3 aliphatic rings. The summed E-state index contributed by atoms with van der Waals surface area (Å²) in [7, 11) is 0. The second-order valence-corrected chi connectivity index (χ2v) is 8.34. The van der Waals surface area contributed by atoms with Crippen molar-refractivity contribution in [3.8, 4) is 0 Å². The lowest BCUT2D eigenvalue weighted by Gasteiger charge is -2.24. The number of anilines is 4. The van der Waals surface area contributed by atoms with E-state index in [1.807, 2.05) is 4.90 Å². The van der Waals surface area contributed by atoms with E-state index in [0.29, 0.717) is 24.8 Å². The number of carbonyl (C=O) groups excluding carboxylic acids is 1. The van der Waals surface area contributed by atoms with Crippen LogP contribution in [-0.2, 0) is 17.6 Å². The molecule has 1 saturated carbocycles. The summed E-state index contributed by atoms with van der Waals surface area (Å²) in [5, 5.41) is 21.0. The molecule has 3 aromatic heterocycles. The van der Waals surface area contributed by atoms with Crippen molar-refractivity contribution in [1.29, 1.82) is 0 Å². The van der Waals surface area contributed by atoms with Gasteiger partial charge in [0, 0.05) is 29.8 Å². The van der Waals surface area contributed by atoms with Crippen molar-refractivity contribution in [2.45, 2.75) is 56.9 Å². The fourth-order valence-electron chi connectivity index (χ4n) is 4.47. The van der Waals surface area contributed by atoms with E-state index >= 15 is 0 Å². The Morgan fingerprint density at radius 3 is 2.97 bits per heavy atom. The van der Waals surface area contributed by atoms with Gasteiger partial charge in [-0.3, -0.25) is 15.2 Å². The van der Waals surface area contributed by atoms with Crippen LogP contribution in [0.5, 0.6) is 0 Å². The largest absolute Gasteiger partial charge is 0.411 e. The number of hydrogen-bond acceptors (Lipinski definition) is 9. The molecule has 1 aliphatic heterocycles. The van der Waals surface area contributed by atoms with E-state index in [9.17, 15) is 4.79 Å². The molecule has 0 bridgehead atoms. The van der Waals surface area contributed by atoms with Crippen LogP contribution in [0.1, 0.15) is 55.0 Å². The molecule has 1 atom stereocenters. The number of aromatic nitrogens is 6. The van der Waals surface area contributed by atoms with Crippen molar-refractivity contribution in [3.05, 3.63) is 29.4 Å². The van der Waals surface area contributed by atoms with Gasteiger partial charge in [0.15, 0.2) is 5.82 Å². The molecule has 0 spiro atoms. The summed E-state index contributed by atoms with van der Waals surface area (Å²) in [6.07, 6.45) is 8.14. The van der Waals surface area contributed by atoms with Crippen molar-refractivity contribution in [2.24, 2.45) is 0 Å². The normalized spacial score (nSPS) is 20.1. The lowest BCUT2D eigenvalue weighted by molar-refractivity contribution is -0.117. The van der Waals surface area contributed by atoms with Crippen LogP contribution >= 0.6 is 0 Å². The van der Waals surface area contributed by atoms with Crippen LogP contribution in [0.3, 0.4) is 0 Å². The maximum Gasteiger partial charge on any atom is 0.322 e. The SMILES string of the molecule is O=C(Nc1nnco1)[C@@H]1CCCN1c1nc2c(c(Nc3cc(C4CC4)[nH]n3)n1)CCC2. The van der Waals surface area contributed by atoms with E-state index in [2.05, 4.69) is 37.1 Å². The number of hydrogen-bond donors (Lipinski definition) is 3. The molecule has 2 aliphatic carbocycles. The molecular formula is C20H23N9O2. The molecule has 0 aromatic carbocycles. The second-order valence-electron chi connectivity index (χ2n) is 8.34. The molecule has 31 heavy (non-hydrogen) atoms. The summed E-state index contributed by atoms with van der Waals surface area (Å²) in [6, 6.07) is 1.78. The highest BCUT2D eigenvalue weighted by molar-refractivity contribution is 5.95. The van der Waals surface area contributed by atoms with Crippen LogP contribution in [0.2, 0.25) is 0 Å². The van der Waals surface area contributed by atoms with E-state index in [0.717, 1.165) is 48.6 Å². The summed E-state index contributed by atoms with van der Waals surface area (Å²) in [6.45, 7) is 0.717.